The zero-order valence-corrected chi connectivity index (χ0v) is 15.5. The summed E-state index contributed by atoms with van der Waals surface area (Å²) in [5, 5.41) is 3.34. The number of benzene rings is 2. The van der Waals surface area contributed by atoms with Crippen molar-refractivity contribution in [3.05, 3.63) is 62.3 Å². The van der Waals surface area contributed by atoms with Gasteiger partial charge in [0.2, 0.25) is 0 Å². The highest BCUT2D eigenvalue weighted by molar-refractivity contribution is 9.11. The van der Waals surface area contributed by atoms with Crippen LogP contribution in [-0.4, -0.2) is 13.2 Å². The van der Waals surface area contributed by atoms with Gasteiger partial charge in [-0.2, -0.15) is 0 Å². The molecule has 22 heavy (non-hydrogen) atoms. The molecule has 0 atom stereocenters. The molecule has 0 aliphatic carbocycles. The predicted octanol–water partition coefficient (Wildman–Crippen LogP) is 5.08. The van der Waals surface area contributed by atoms with E-state index in [0.717, 1.165) is 25.8 Å². The van der Waals surface area contributed by atoms with Crippen LogP contribution in [0.25, 0.3) is 0 Å². The predicted molar refractivity (Wildman–Crippen MR) is 94.8 cm³/mol. The Morgan fingerprint density at radius 2 is 1.91 bits per heavy atom. The van der Waals surface area contributed by atoms with Crippen molar-refractivity contribution >= 4 is 31.9 Å². The normalized spacial score (nSPS) is 10.7. The third-order valence-corrected chi connectivity index (χ3v) is 4.27. The fourth-order valence-electron chi connectivity index (χ4n) is 2.20. The van der Waals surface area contributed by atoms with Crippen LogP contribution in [-0.2, 0) is 13.0 Å². The van der Waals surface area contributed by atoms with E-state index in [-0.39, 0.29) is 5.82 Å². The van der Waals surface area contributed by atoms with Crippen molar-refractivity contribution in [2.75, 3.05) is 13.2 Å². The molecule has 0 bridgehead atoms. The summed E-state index contributed by atoms with van der Waals surface area (Å²) >= 11 is 7.01. The lowest BCUT2D eigenvalue weighted by Gasteiger charge is -2.14. The number of hydrogen-bond donors (Lipinski definition) is 1. The largest absolute Gasteiger partial charge is 0.492 e. The lowest BCUT2D eigenvalue weighted by molar-refractivity contribution is 0.333. The summed E-state index contributed by atoms with van der Waals surface area (Å²) in [5.74, 6) is 0.702. The van der Waals surface area contributed by atoms with E-state index in [1.54, 1.807) is 6.07 Å². The maximum Gasteiger partial charge on any atom is 0.138 e. The average molecular weight is 431 g/mol. The van der Waals surface area contributed by atoms with Crippen molar-refractivity contribution in [2.45, 2.75) is 19.9 Å². The molecule has 0 aromatic heterocycles. The maximum absolute atomic E-state index is 13.6. The van der Waals surface area contributed by atoms with Crippen molar-refractivity contribution in [1.29, 1.82) is 0 Å². The highest BCUT2D eigenvalue weighted by Crippen LogP contribution is 2.32. The number of rotatable bonds is 7. The highest BCUT2D eigenvalue weighted by Gasteiger charge is 2.10. The highest BCUT2D eigenvalue weighted by atomic mass is 79.9. The van der Waals surface area contributed by atoms with Crippen molar-refractivity contribution in [2.24, 2.45) is 0 Å². The third kappa shape index (κ3) is 4.80. The van der Waals surface area contributed by atoms with Gasteiger partial charge < -0.3 is 10.1 Å². The standard InChI is InChI=1S/C17H18Br2FNO/c1-2-22-17-13(9-14(18)10-15(17)19)11-21-8-7-12-5-3-4-6-16(12)20/h3-6,9-10,21H,2,7-8,11H2,1H3. The second-order valence-corrected chi connectivity index (χ2v) is 6.60. The fourth-order valence-corrected chi connectivity index (χ4v) is 3.63. The molecule has 0 saturated heterocycles. The van der Waals surface area contributed by atoms with Crippen LogP contribution >= 0.6 is 31.9 Å². The Kier molecular flexibility index (Phi) is 6.86. The Morgan fingerprint density at radius 1 is 1.14 bits per heavy atom. The Labute approximate surface area is 147 Å². The van der Waals surface area contributed by atoms with Crippen LogP contribution in [0.4, 0.5) is 4.39 Å². The molecule has 0 unspecified atom stereocenters. The summed E-state index contributed by atoms with van der Waals surface area (Å²) in [4.78, 5) is 0. The number of ether oxygens (including phenoxy) is 1. The Balaban J connectivity index is 1.95. The van der Waals surface area contributed by atoms with Gasteiger partial charge in [0.05, 0.1) is 11.1 Å². The minimum atomic E-state index is -0.149. The van der Waals surface area contributed by atoms with Crippen LogP contribution in [0.15, 0.2) is 45.3 Å². The van der Waals surface area contributed by atoms with Crippen LogP contribution in [0.5, 0.6) is 5.75 Å². The van der Waals surface area contributed by atoms with Crippen molar-refractivity contribution in [1.82, 2.24) is 5.32 Å². The first kappa shape index (κ1) is 17.4. The van der Waals surface area contributed by atoms with Crippen LogP contribution in [0.1, 0.15) is 18.1 Å². The van der Waals surface area contributed by atoms with E-state index < -0.39 is 0 Å². The first-order valence-electron chi connectivity index (χ1n) is 7.16. The summed E-state index contributed by atoms with van der Waals surface area (Å²) in [7, 11) is 0. The second kappa shape index (κ2) is 8.65. The first-order valence-corrected chi connectivity index (χ1v) is 8.75. The number of halogens is 3. The van der Waals surface area contributed by atoms with Crippen LogP contribution < -0.4 is 10.1 Å². The molecule has 0 spiro atoms. The van der Waals surface area contributed by atoms with Gasteiger partial charge in [-0.05, 0) is 59.6 Å². The molecule has 0 saturated carbocycles. The monoisotopic (exact) mass is 429 g/mol. The molecule has 118 valence electrons. The molecule has 0 heterocycles. The van der Waals surface area contributed by atoms with Gasteiger partial charge >= 0.3 is 0 Å². The molecule has 2 rings (SSSR count). The molecule has 5 heteroatoms. The molecular formula is C17H18Br2FNO. The van der Waals surface area contributed by atoms with Gasteiger partial charge in [0.15, 0.2) is 0 Å². The van der Waals surface area contributed by atoms with Gasteiger partial charge in [0.1, 0.15) is 11.6 Å². The Bertz CT molecular complexity index is 634. The lowest BCUT2D eigenvalue weighted by atomic mass is 10.1. The molecule has 0 amide bonds. The molecule has 0 aliphatic heterocycles. The summed E-state index contributed by atoms with van der Waals surface area (Å²) in [6, 6.07) is 10.9. The SMILES string of the molecule is CCOc1c(Br)cc(Br)cc1CNCCc1ccccc1F. The van der Waals surface area contributed by atoms with E-state index in [9.17, 15) is 4.39 Å². The molecular weight excluding hydrogens is 413 g/mol. The third-order valence-electron chi connectivity index (χ3n) is 3.22. The van der Waals surface area contributed by atoms with Crippen molar-refractivity contribution in [3.8, 4) is 5.75 Å². The molecule has 2 aromatic carbocycles. The van der Waals surface area contributed by atoms with Gasteiger partial charge in [0.25, 0.3) is 0 Å². The Hall–Kier alpha value is -0.910. The average Bonchev–Trinajstić information content (AvgIpc) is 2.48. The molecule has 0 fully saturated rings. The quantitative estimate of drug-likeness (QED) is 0.618. The Morgan fingerprint density at radius 3 is 2.64 bits per heavy atom. The smallest absolute Gasteiger partial charge is 0.138 e. The minimum absolute atomic E-state index is 0.149. The van der Waals surface area contributed by atoms with E-state index >= 15 is 0 Å². The topological polar surface area (TPSA) is 21.3 Å². The maximum atomic E-state index is 13.6. The molecule has 1 N–H and O–H groups in total. The van der Waals surface area contributed by atoms with E-state index in [2.05, 4.69) is 37.2 Å². The summed E-state index contributed by atoms with van der Waals surface area (Å²) in [5.41, 5.74) is 1.80. The number of nitrogens with one attached hydrogen (secondary N) is 1. The van der Waals surface area contributed by atoms with Crippen molar-refractivity contribution < 1.29 is 9.13 Å². The minimum Gasteiger partial charge on any atom is -0.492 e. The zero-order valence-electron chi connectivity index (χ0n) is 12.3. The molecule has 0 aliphatic rings. The molecule has 2 nitrogen and oxygen atoms in total. The van der Waals surface area contributed by atoms with Gasteiger partial charge in [-0.1, -0.05) is 34.1 Å². The zero-order chi connectivity index (χ0) is 15.9. The van der Waals surface area contributed by atoms with E-state index in [4.69, 9.17) is 4.74 Å². The second-order valence-electron chi connectivity index (χ2n) is 4.83. The van der Waals surface area contributed by atoms with E-state index in [1.165, 1.54) is 6.07 Å². The number of hydrogen-bond acceptors (Lipinski definition) is 2. The van der Waals surface area contributed by atoms with Gasteiger partial charge in [-0.3, -0.25) is 0 Å². The molecule has 0 radical (unpaired) electrons. The van der Waals surface area contributed by atoms with E-state index in [1.807, 2.05) is 31.2 Å². The van der Waals surface area contributed by atoms with Crippen LogP contribution in [0.3, 0.4) is 0 Å². The van der Waals surface area contributed by atoms with Gasteiger partial charge in [-0.25, -0.2) is 4.39 Å². The van der Waals surface area contributed by atoms with Crippen molar-refractivity contribution in [3.63, 3.8) is 0 Å². The summed E-state index contributed by atoms with van der Waals surface area (Å²) < 4.78 is 21.2. The van der Waals surface area contributed by atoms with Crippen LogP contribution in [0.2, 0.25) is 0 Å². The summed E-state index contributed by atoms with van der Waals surface area (Å²) in [6.45, 7) is 3.95. The first-order chi connectivity index (χ1) is 10.6. The summed E-state index contributed by atoms with van der Waals surface area (Å²) in [6.07, 6.45) is 0.659. The molecule has 2 aromatic rings. The van der Waals surface area contributed by atoms with E-state index in [0.29, 0.717) is 26.1 Å². The lowest BCUT2D eigenvalue weighted by Crippen LogP contribution is -2.18. The van der Waals surface area contributed by atoms with Gasteiger partial charge in [0, 0.05) is 16.6 Å². The van der Waals surface area contributed by atoms with Gasteiger partial charge in [-0.15, -0.1) is 0 Å². The fraction of sp³-hybridized carbons (Fsp3) is 0.294. The van der Waals surface area contributed by atoms with Crippen LogP contribution in [0, 0.1) is 5.82 Å².